The Kier molecular flexibility index (Phi) is 7.92. The maximum Gasteiger partial charge on any atom is 0.223 e. The summed E-state index contributed by atoms with van der Waals surface area (Å²) in [5, 5.41) is 0. The fraction of sp³-hybridized carbons (Fsp3) is 0.600. The molecule has 1 heterocycles. The number of methoxy groups -OCH3 is 2. The number of hydrogen-bond donors (Lipinski definition) is 0. The molecule has 1 aliphatic heterocycles. The highest BCUT2D eigenvalue weighted by Crippen LogP contribution is 2.28. The molecule has 2 fully saturated rings. The van der Waals surface area contributed by atoms with Crippen molar-refractivity contribution in [2.75, 3.05) is 40.4 Å². The minimum Gasteiger partial charge on any atom is -0.493 e. The minimum absolute atomic E-state index is 0. The van der Waals surface area contributed by atoms with E-state index in [0.29, 0.717) is 17.1 Å². The molecule has 1 aromatic carbocycles. The number of Topliss-reactive ketones (excluding diaryl/α,β-unsaturated/α-hetero) is 1. The van der Waals surface area contributed by atoms with Crippen molar-refractivity contribution in [2.24, 2.45) is 0 Å². The first kappa shape index (κ1) is 21.5. The summed E-state index contributed by atoms with van der Waals surface area (Å²) in [6.07, 6.45) is 4.41. The van der Waals surface area contributed by atoms with E-state index in [0.717, 1.165) is 32.2 Å². The Labute approximate surface area is 167 Å². The molecule has 2 aliphatic rings. The smallest absolute Gasteiger partial charge is 0.223 e. The zero-order valence-corrected chi connectivity index (χ0v) is 16.9. The monoisotopic (exact) mass is 396 g/mol. The zero-order valence-electron chi connectivity index (χ0n) is 16.1. The minimum atomic E-state index is -0.0487. The maximum atomic E-state index is 12.4. The lowest BCUT2D eigenvalue weighted by molar-refractivity contribution is -0.133. The molecule has 1 aromatic rings. The number of carbonyl (C=O) groups is 2. The molecule has 27 heavy (non-hydrogen) atoms. The van der Waals surface area contributed by atoms with E-state index in [1.165, 1.54) is 19.3 Å². The van der Waals surface area contributed by atoms with Crippen LogP contribution in [0.1, 0.15) is 42.5 Å². The summed E-state index contributed by atoms with van der Waals surface area (Å²) >= 11 is 0. The maximum absolute atomic E-state index is 12.4. The fourth-order valence-electron chi connectivity index (χ4n) is 3.62. The molecular formula is C20H29ClN2O4. The molecule has 0 radical (unpaired) electrons. The predicted molar refractivity (Wildman–Crippen MR) is 106 cm³/mol. The molecule has 0 aromatic heterocycles. The summed E-state index contributed by atoms with van der Waals surface area (Å²) in [6, 6.07) is 5.83. The molecule has 150 valence electrons. The highest BCUT2D eigenvalue weighted by atomic mass is 35.5. The van der Waals surface area contributed by atoms with Crippen molar-refractivity contribution in [1.82, 2.24) is 9.80 Å². The number of halogens is 1. The highest BCUT2D eigenvalue weighted by molar-refractivity contribution is 5.98. The largest absolute Gasteiger partial charge is 0.493 e. The van der Waals surface area contributed by atoms with Crippen LogP contribution in [0.25, 0.3) is 0 Å². The average Bonchev–Trinajstić information content (AvgIpc) is 2.64. The summed E-state index contributed by atoms with van der Waals surface area (Å²) < 4.78 is 10.4. The van der Waals surface area contributed by atoms with Crippen LogP contribution in [0.4, 0.5) is 0 Å². The average molecular weight is 397 g/mol. The van der Waals surface area contributed by atoms with Gasteiger partial charge in [-0.2, -0.15) is 0 Å². The van der Waals surface area contributed by atoms with Crippen molar-refractivity contribution in [3.63, 3.8) is 0 Å². The van der Waals surface area contributed by atoms with Gasteiger partial charge in [-0.25, -0.2) is 0 Å². The SMILES string of the molecule is COc1ccc(C(=O)CCC(=O)N2CCN(C3CCC3)CC2)cc1OC.Cl. The lowest BCUT2D eigenvalue weighted by atomic mass is 9.91. The summed E-state index contributed by atoms with van der Waals surface area (Å²) in [7, 11) is 3.10. The van der Waals surface area contributed by atoms with Gasteiger partial charge in [-0.05, 0) is 31.0 Å². The Morgan fingerprint density at radius 1 is 1.00 bits per heavy atom. The second-order valence-corrected chi connectivity index (χ2v) is 6.99. The number of rotatable bonds is 7. The molecule has 1 saturated carbocycles. The van der Waals surface area contributed by atoms with Gasteiger partial charge >= 0.3 is 0 Å². The molecule has 7 heteroatoms. The molecule has 0 N–H and O–H groups in total. The first-order chi connectivity index (χ1) is 12.6. The molecule has 0 bridgehead atoms. The summed E-state index contributed by atoms with van der Waals surface area (Å²) in [4.78, 5) is 29.2. The number of ether oxygens (including phenoxy) is 2. The topological polar surface area (TPSA) is 59.1 Å². The lowest BCUT2D eigenvalue weighted by Gasteiger charge is -2.43. The number of carbonyl (C=O) groups excluding carboxylic acids is 2. The Hall–Kier alpha value is -1.79. The van der Waals surface area contributed by atoms with Crippen LogP contribution < -0.4 is 9.47 Å². The van der Waals surface area contributed by atoms with Crippen molar-refractivity contribution in [1.29, 1.82) is 0 Å². The van der Waals surface area contributed by atoms with Crippen LogP contribution in [0.3, 0.4) is 0 Å². The standard InChI is InChI=1S/C20H28N2O4.ClH/c1-25-18-8-6-15(14-19(18)26-2)17(23)7-9-20(24)22-12-10-21(11-13-22)16-4-3-5-16;/h6,8,14,16H,3-5,7,9-13H2,1-2H3;1H. The van der Waals surface area contributed by atoms with Crippen molar-refractivity contribution >= 4 is 24.1 Å². The molecule has 0 spiro atoms. The molecule has 0 unspecified atom stereocenters. The van der Waals surface area contributed by atoms with Gasteiger partial charge in [-0.1, -0.05) is 6.42 Å². The number of benzene rings is 1. The molecule has 6 nitrogen and oxygen atoms in total. The predicted octanol–water partition coefficient (Wildman–Crippen LogP) is 2.79. The first-order valence-electron chi connectivity index (χ1n) is 9.39. The first-order valence-corrected chi connectivity index (χ1v) is 9.39. The van der Waals surface area contributed by atoms with Gasteiger partial charge in [0.25, 0.3) is 0 Å². The highest BCUT2D eigenvalue weighted by Gasteiger charge is 2.29. The van der Waals surface area contributed by atoms with E-state index in [4.69, 9.17) is 9.47 Å². The molecule has 1 saturated heterocycles. The van der Waals surface area contributed by atoms with Crippen LogP contribution in [0, 0.1) is 0 Å². The van der Waals surface area contributed by atoms with E-state index < -0.39 is 0 Å². The van der Waals surface area contributed by atoms with E-state index in [-0.39, 0.29) is 36.9 Å². The molecular weight excluding hydrogens is 368 g/mol. The lowest BCUT2D eigenvalue weighted by Crippen LogP contribution is -2.53. The summed E-state index contributed by atoms with van der Waals surface area (Å²) in [5.74, 6) is 1.14. The van der Waals surface area contributed by atoms with Crippen molar-refractivity contribution in [3.05, 3.63) is 23.8 Å². The van der Waals surface area contributed by atoms with Crippen molar-refractivity contribution in [2.45, 2.75) is 38.1 Å². The zero-order chi connectivity index (χ0) is 18.5. The van der Waals surface area contributed by atoms with Crippen LogP contribution in [-0.2, 0) is 4.79 Å². The van der Waals surface area contributed by atoms with Crippen LogP contribution in [0.5, 0.6) is 11.5 Å². The van der Waals surface area contributed by atoms with E-state index in [2.05, 4.69) is 4.90 Å². The quantitative estimate of drug-likeness (QED) is 0.663. The van der Waals surface area contributed by atoms with E-state index in [9.17, 15) is 9.59 Å². The Morgan fingerprint density at radius 3 is 2.22 bits per heavy atom. The van der Waals surface area contributed by atoms with Crippen molar-refractivity contribution in [3.8, 4) is 11.5 Å². The van der Waals surface area contributed by atoms with Crippen molar-refractivity contribution < 1.29 is 19.1 Å². The third kappa shape index (κ3) is 5.14. The number of piperazine rings is 1. The second-order valence-electron chi connectivity index (χ2n) is 6.99. The van der Waals surface area contributed by atoms with E-state index >= 15 is 0 Å². The fourth-order valence-corrected chi connectivity index (χ4v) is 3.62. The van der Waals surface area contributed by atoms with E-state index in [1.807, 2.05) is 4.90 Å². The van der Waals surface area contributed by atoms with Gasteiger partial charge in [-0.3, -0.25) is 14.5 Å². The van der Waals surface area contributed by atoms with Crippen LogP contribution in [0.2, 0.25) is 0 Å². The Bertz CT molecular complexity index is 655. The number of amides is 1. The normalized spacial score (nSPS) is 17.6. The third-order valence-corrected chi connectivity index (χ3v) is 5.53. The van der Waals surface area contributed by atoms with Gasteiger partial charge in [0.2, 0.25) is 5.91 Å². The van der Waals surface area contributed by atoms with Gasteiger partial charge in [-0.15, -0.1) is 12.4 Å². The van der Waals surface area contributed by atoms with E-state index in [1.54, 1.807) is 32.4 Å². The Morgan fingerprint density at radius 2 is 1.67 bits per heavy atom. The van der Waals surface area contributed by atoms with Crippen LogP contribution >= 0.6 is 12.4 Å². The number of hydrogen-bond acceptors (Lipinski definition) is 5. The van der Waals surface area contributed by atoms with Crippen LogP contribution in [-0.4, -0.2) is 67.9 Å². The van der Waals surface area contributed by atoms with Gasteiger partial charge in [0.15, 0.2) is 17.3 Å². The summed E-state index contributed by atoms with van der Waals surface area (Å²) in [6.45, 7) is 3.47. The number of nitrogens with zero attached hydrogens (tertiary/aromatic N) is 2. The number of ketones is 1. The van der Waals surface area contributed by atoms with Gasteiger partial charge < -0.3 is 14.4 Å². The summed E-state index contributed by atoms with van der Waals surface area (Å²) in [5.41, 5.74) is 0.547. The molecule has 1 aliphatic carbocycles. The van der Waals surface area contributed by atoms with Gasteiger partial charge in [0.1, 0.15) is 0 Å². The second kappa shape index (κ2) is 9.95. The van der Waals surface area contributed by atoms with Gasteiger partial charge in [0, 0.05) is 50.6 Å². The molecule has 1 amide bonds. The molecule has 3 rings (SSSR count). The van der Waals surface area contributed by atoms with Gasteiger partial charge in [0.05, 0.1) is 14.2 Å². The molecule has 0 atom stereocenters. The van der Waals surface area contributed by atoms with Crippen LogP contribution in [0.15, 0.2) is 18.2 Å². The Balaban J connectivity index is 0.00000261. The third-order valence-electron chi connectivity index (χ3n) is 5.53.